The maximum absolute atomic E-state index is 11.7. The molecular formula is C10H16F3NO. The third-order valence-electron chi connectivity index (χ3n) is 1.66. The van der Waals surface area contributed by atoms with Crippen molar-refractivity contribution in [3.63, 3.8) is 0 Å². The van der Waals surface area contributed by atoms with Gasteiger partial charge < -0.3 is 10.1 Å². The highest BCUT2D eigenvalue weighted by molar-refractivity contribution is 4.98. The van der Waals surface area contributed by atoms with Crippen LogP contribution >= 0.6 is 0 Å². The molecule has 0 amide bonds. The second kappa shape index (κ2) is 7.55. The molecule has 0 radical (unpaired) electrons. The molecule has 0 aliphatic rings. The smallest absolute Gasteiger partial charge is 0.372 e. The van der Waals surface area contributed by atoms with E-state index in [0.29, 0.717) is 6.42 Å². The summed E-state index contributed by atoms with van der Waals surface area (Å²) >= 11 is 0. The average molecular weight is 223 g/mol. The van der Waals surface area contributed by atoms with Gasteiger partial charge >= 0.3 is 6.18 Å². The van der Waals surface area contributed by atoms with E-state index in [1.54, 1.807) is 0 Å². The van der Waals surface area contributed by atoms with Crippen LogP contribution < -0.4 is 5.32 Å². The largest absolute Gasteiger partial charge is 0.411 e. The van der Waals surface area contributed by atoms with Crippen LogP contribution in [0.5, 0.6) is 0 Å². The summed E-state index contributed by atoms with van der Waals surface area (Å²) in [6.07, 6.45) is 2.26. The highest BCUT2D eigenvalue weighted by Gasteiger charge is 2.27. The zero-order valence-electron chi connectivity index (χ0n) is 8.73. The van der Waals surface area contributed by atoms with Gasteiger partial charge in [-0.05, 0) is 19.4 Å². The molecule has 0 rings (SSSR count). The standard InChI is InChI=1S/C10H16F3NO/c1-3-6-14-9(4-2)5-7-15-8-10(11,12)13/h2,9,14H,3,5-8H2,1H3. The van der Waals surface area contributed by atoms with Crippen molar-refractivity contribution in [2.75, 3.05) is 19.8 Å². The van der Waals surface area contributed by atoms with E-state index in [9.17, 15) is 13.2 Å². The number of alkyl halides is 3. The van der Waals surface area contributed by atoms with Crippen LogP contribution in [0, 0.1) is 12.3 Å². The Balaban J connectivity index is 3.52. The molecule has 0 saturated heterocycles. The third-order valence-corrected chi connectivity index (χ3v) is 1.66. The van der Waals surface area contributed by atoms with E-state index in [2.05, 4.69) is 16.0 Å². The average Bonchev–Trinajstić information content (AvgIpc) is 2.15. The van der Waals surface area contributed by atoms with E-state index in [1.807, 2.05) is 6.92 Å². The summed E-state index contributed by atoms with van der Waals surface area (Å²) in [5.74, 6) is 2.46. The maximum Gasteiger partial charge on any atom is 0.411 e. The first kappa shape index (κ1) is 14.3. The van der Waals surface area contributed by atoms with Crippen LogP contribution in [-0.2, 0) is 4.74 Å². The van der Waals surface area contributed by atoms with E-state index in [4.69, 9.17) is 6.42 Å². The minimum Gasteiger partial charge on any atom is -0.372 e. The van der Waals surface area contributed by atoms with Gasteiger partial charge in [0.15, 0.2) is 0 Å². The van der Waals surface area contributed by atoms with Crippen LogP contribution in [0.15, 0.2) is 0 Å². The number of rotatable bonds is 7. The fourth-order valence-electron chi connectivity index (χ4n) is 0.952. The molecule has 0 aromatic rings. The fraction of sp³-hybridized carbons (Fsp3) is 0.800. The molecule has 88 valence electrons. The van der Waals surface area contributed by atoms with Crippen molar-refractivity contribution in [2.45, 2.75) is 32.0 Å². The lowest BCUT2D eigenvalue weighted by Gasteiger charge is -2.13. The van der Waals surface area contributed by atoms with Gasteiger partial charge in [-0.2, -0.15) is 13.2 Å². The third kappa shape index (κ3) is 9.57. The summed E-state index contributed by atoms with van der Waals surface area (Å²) in [6.45, 7) is 1.55. The van der Waals surface area contributed by atoms with Gasteiger partial charge in [-0.3, -0.25) is 0 Å². The first-order valence-electron chi connectivity index (χ1n) is 4.83. The summed E-state index contributed by atoms with van der Waals surface area (Å²) in [5.41, 5.74) is 0. The van der Waals surface area contributed by atoms with Crippen molar-refractivity contribution in [1.82, 2.24) is 5.32 Å². The Morgan fingerprint density at radius 1 is 1.47 bits per heavy atom. The monoisotopic (exact) mass is 223 g/mol. The van der Waals surface area contributed by atoms with E-state index >= 15 is 0 Å². The van der Waals surface area contributed by atoms with Crippen molar-refractivity contribution in [2.24, 2.45) is 0 Å². The molecule has 0 heterocycles. The Morgan fingerprint density at radius 2 is 2.13 bits per heavy atom. The number of halogens is 3. The van der Waals surface area contributed by atoms with Crippen LogP contribution in [0.1, 0.15) is 19.8 Å². The maximum atomic E-state index is 11.7. The summed E-state index contributed by atoms with van der Waals surface area (Å²) in [5, 5.41) is 3.02. The molecule has 0 saturated carbocycles. The molecule has 1 unspecified atom stereocenters. The second-order valence-electron chi connectivity index (χ2n) is 3.13. The van der Waals surface area contributed by atoms with E-state index in [1.165, 1.54) is 0 Å². The minimum absolute atomic E-state index is 0.0189. The summed E-state index contributed by atoms with van der Waals surface area (Å²) in [4.78, 5) is 0. The zero-order chi connectivity index (χ0) is 11.7. The van der Waals surface area contributed by atoms with Gasteiger partial charge in [0.2, 0.25) is 0 Å². The predicted molar refractivity (Wildman–Crippen MR) is 52.4 cm³/mol. The molecule has 15 heavy (non-hydrogen) atoms. The predicted octanol–water partition coefficient (Wildman–Crippen LogP) is 1.96. The number of nitrogens with one attached hydrogen (secondary N) is 1. The molecule has 0 aromatic heterocycles. The lowest BCUT2D eigenvalue weighted by atomic mass is 10.2. The molecule has 0 aromatic carbocycles. The topological polar surface area (TPSA) is 21.3 Å². The van der Waals surface area contributed by atoms with Gasteiger partial charge in [0.25, 0.3) is 0 Å². The van der Waals surface area contributed by atoms with Crippen LogP contribution in [0.4, 0.5) is 13.2 Å². The molecular weight excluding hydrogens is 207 g/mol. The van der Waals surface area contributed by atoms with Crippen LogP contribution in [0.2, 0.25) is 0 Å². The Kier molecular flexibility index (Phi) is 7.18. The first-order chi connectivity index (χ1) is 6.99. The molecule has 0 aliphatic carbocycles. The Labute approximate surface area is 88.2 Å². The van der Waals surface area contributed by atoms with Crippen molar-refractivity contribution >= 4 is 0 Å². The van der Waals surface area contributed by atoms with Gasteiger partial charge in [-0.15, -0.1) is 6.42 Å². The van der Waals surface area contributed by atoms with E-state index in [-0.39, 0.29) is 12.6 Å². The van der Waals surface area contributed by atoms with Gasteiger partial charge in [0.05, 0.1) is 6.04 Å². The SMILES string of the molecule is C#CC(CCOCC(F)(F)F)NCCC. The molecule has 0 bridgehead atoms. The lowest BCUT2D eigenvalue weighted by Crippen LogP contribution is -2.30. The number of ether oxygens (including phenoxy) is 1. The molecule has 0 fully saturated rings. The van der Waals surface area contributed by atoms with Gasteiger partial charge in [0.1, 0.15) is 6.61 Å². The normalized spacial score (nSPS) is 13.5. The number of hydrogen-bond donors (Lipinski definition) is 1. The van der Waals surface area contributed by atoms with Crippen molar-refractivity contribution in [1.29, 1.82) is 0 Å². The Bertz CT molecular complexity index is 198. The number of hydrogen-bond acceptors (Lipinski definition) is 2. The summed E-state index contributed by atoms with van der Waals surface area (Å²) in [6, 6.07) is -0.210. The van der Waals surface area contributed by atoms with Crippen LogP contribution in [0.3, 0.4) is 0 Å². The number of terminal acetylenes is 1. The second-order valence-corrected chi connectivity index (χ2v) is 3.13. The Hall–Kier alpha value is -0.730. The minimum atomic E-state index is -4.26. The van der Waals surface area contributed by atoms with Crippen molar-refractivity contribution in [3.05, 3.63) is 0 Å². The molecule has 5 heteroatoms. The van der Waals surface area contributed by atoms with Crippen molar-refractivity contribution in [3.8, 4) is 12.3 Å². The first-order valence-corrected chi connectivity index (χ1v) is 4.83. The zero-order valence-corrected chi connectivity index (χ0v) is 8.73. The quantitative estimate of drug-likeness (QED) is 0.526. The van der Waals surface area contributed by atoms with Crippen LogP contribution in [0.25, 0.3) is 0 Å². The Morgan fingerprint density at radius 3 is 2.60 bits per heavy atom. The van der Waals surface area contributed by atoms with E-state index in [0.717, 1.165) is 13.0 Å². The fourth-order valence-corrected chi connectivity index (χ4v) is 0.952. The highest BCUT2D eigenvalue weighted by Crippen LogP contribution is 2.14. The van der Waals surface area contributed by atoms with Crippen molar-refractivity contribution < 1.29 is 17.9 Å². The van der Waals surface area contributed by atoms with E-state index < -0.39 is 12.8 Å². The summed E-state index contributed by atoms with van der Waals surface area (Å²) in [7, 11) is 0. The van der Waals surface area contributed by atoms with Gasteiger partial charge in [0, 0.05) is 6.61 Å². The highest BCUT2D eigenvalue weighted by atomic mass is 19.4. The summed E-state index contributed by atoms with van der Waals surface area (Å²) < 4.78 is 39.5. The van der Waals surface area contributed by atoms with Gasteiger partial charge in [-0.25, -0.2) is 0 Å². The molecule has 1 N–H and O–H groups in total. The molecule has 0 spiro atoms. The molecule has 2 nitrogen and oxygen atoms in total. The van der Waals surface area contributed by atoms with Gasteiger partial charge in [-0.1, -0.05) is 12.8 Å². The molecule has 1 atom stereocenters. The van der Waals surface area contributed by atoms with Crippen LogP contribution in [-0.4, -0.2) is 32.0 Å². The lowest BCUT2D eigenvalue weighted by molar-refractivity contribution is -0.174. The molecule has 0 aliphatic heterocycles.